The van der Waals surface area contributed by atoms with Crippen molar-refractivity contribution in [2.75, 3.05) is 0 Å². The summed E-state index contributed by atoms with van der Waals surface area (Å²) in [6.07, 6.45) is 34.4. The van der Waals surface area contributed by atoms with Crippen molar-refractivity contribution in [2.24, 2.45) is 64.1 Å². The van der Waals surface area contributed by atoms with Crippen LogP contribution in [-0.2, 0) is 14.7 Å². The largest absolute Gasteiger partial charge is 0.393 e. The number of hydrogen-bond acceptors (Lipinski definition) is 5. The second-order valence-electron chi connectivity index (χ2n) is 18.5. The van der Waals surface area contributed by atoms with E-state index in [2.05, 4.69) is 70.9 Å². The van der Waals surface area contributed by atoms with Crippen LogP contribution in [0, 0.1) is 64.1 Å². The Balaban J connectivity index is 1.38. The molecule has 0 aromatic rings. The molecule has 0 bridgehead atoms. The highest BCUT2D eigenvalue weighted by Crippen LogP contribution is 2.70. The number of allylic oxidation sites excluding steroid dienone is 4. The van der Waals surface area contributed by atoms with E-state index in [9.17, 15) is 15.2 Å². The number of fused-ring (bicyclic) bond motifs is 5. The summed E-state index contributed by atoms with van der Waals surface area (Å²) in [5, 5.41) is 24.4. The summed E-state index contributed by atoms with van der Waals surface area (Å²) in [7, 11) is 0. The molecule has 0 aromatic heterocycles. The molecular formula is C45H78O5. The van der Waals surface area contributed by atoms with Gasteiger partial charge in [-0.3, -0.25) is 4.89 Å². The summed E-state index contributed by atoms with van der Waals surface area (Å²) >= 11 is 0. The highest BCUT2D eigenvalue weighted by atomic mass is 17.5. The first-order valence-electron chi connectivity index (χ1n) is 21.6. The fraction of sp³-hybridized carbons (Fsp3) is 0.889. The highest BCUT2D eigenvalue weighted by Gasteiger charge is 2.64. The van der Waals surface area contributed by atoms with Crippen molar-refractivity contribution >= 4 is 5.97 Å². The highest BCUT2D eigenvalue weighted by molar-refractivity contribution is 5.72. The summed E-state index contributed by atoms with van der Waals surface area (Å²) in [6.45, 7) is 14.7. The SMILES string of the molecule is CCCCC/C=C\C/C=C\CCCCCCC(C(=O)OOO)C1C[C@@H](O)C[C@H]2CC[C@@H]3[C@@H]4CC[C@H]([C@H](C)CCCC(C)C)[C@@]4(C)CC[C@@H]3[C@@]12C. The summed E-state index contributed by atoms with van der Waals surface area (Å²) in [5.74, 6) is 4.12. The number of aliphatic hydroxyl groups excluding tert-OH is 1. The third kappa shape index (κ3) is 10.3. The Bertz CT molecular complexity index is 1050. The minimum Gasteiger partial charge on any atom is -0.393 e. The lowest BCUT2D eigenvalue weighted by molar-refractivity contribution is -0.464. The van der Waals surface area contributed by atoms with Crippen molar-refractivity contribution < 1.29 is 25.1 Å². The van der Waals surface area contributed by atoms with Crippen LogP contribution < -0.4 is 0 Å². The maximum absolute atomic E-state index is 13.6. The van der Waals surface area contributed by atoms with Crippen molar-refractivity contribution in [3.8, 4) is 0 Å². The molecule has 288 valence electrons. The minimum atomic E-state index is -0.448. The maximum atomic E-state index is 13.6. The quantitative estimate of drug-likeness (QED) is 0.0540. The molecule has 5 nitrogen and oxygen atoms in total. The zero-order chi connectivity index (χ0) is 36.1. The first-order chi connectivity index (χ1) is 24.1. The number of unbranched alkanes of at least 4 members (excludes halogenated alkanes) is 7. The van der Waals surface area contributed by atoms with Gasteiger partial charge < -0.3 is 5.11 Å². The molecule has 4 aliphatic carbocycles. The van der Waals surface area contributed by atoms with Gasteiger partial charge in [0.1, 0.15) is 0 Å². The molecule has 4 saturated carbocycles. The molecule has 0 saturated heterocycles. The third-order valence-electron chi connectivity index (χ3n) is 15.2. The number of rotatable bonds is 21. The van der Waals surface area contributed by atoms with Crippen LogP contribution in [0.15, 0.2) is 24.3 Å². The van der Waals surface area contributed by atoms with Crippen LogP contribution in [0.25, 0.3) is 0 Å². The van der Waals surface area contributed by atoms with Crippen molar-refractivity contribution in [1.82, 2.24) is 0 Å². The Morgan fingerprint density at radius 2 is 1.50 bits per heavy atom. The van der Waals surface area contributed by atoms with Crippen LogP contribution in [0.1, 0.15) is 183 Å². The van der Waals surface area contributed by atoms with E-state index in [0.29, 0.717) is 29.6 Å². The second kappa shape index (κ2) is 20.3. The van der Waals surface area contributed by atoms with Crippen LogP contribution in [0.5, 0.6) is 0 Å². The zero-order valence-electron chi connectivity index (χ0n) is 33.3. The first-order valence-corrected chi connectivity index (χ1v) is 21.6. The molecule has 0 radical (unpaired) electrons. The molecular weight excluding hydrogens is 620 g/mol. The molecule has 2 N–H and O–H groups in total. The van der Waals surface area contributed by atoms with Crippen molar-refractivity contribution in [1.29, 1.82) is 0 Å². The van der Waals surface area contributed by atoms with Gasteiger partial charge in [-0.2, -0.15) is 0 Å². The van der Waals surface area contributed by atoms with Crippen LogP contribution in [0.3, 0.4) is 0 Å². The number of aliphatic hydroxyl groups is 1. The molecule has 50 heavy (non-hydrogen) atoms. The lowest BCUT2D eigenvalue weighted by Crippen LogP contribution is -2.59. The van der Waals surface area contributed by atoms with Crippen molar-refractivity contribution in [2.45, 2.75) is 189 Å². The molecule has 0 aromatic carbocycles. The molecule has 4 aliphatic rings. The van der Waals surface area contributed by atoms with Gasteiger partial charge in [0.25, 0.3) is 0 Å². The second-order valence-corrected chi connectivity index (χ2v) is 18.5. The molecule has 0 spiro atoms. The van der Waals surface area contributed by atoms with E-state index < -0.39 is 5.97 Å². The van der Waals surface area contributed by atoms with E-state index in [1.807, 2.05) is 0 Å². The van der Waals surface area contributed by atoms with Crippen molar-refractivity contribution in [3.63, 3.8) is 0 Å². The van der Waals surface area contributed by atoms with E-state index in [1.54, 1.807) is 0 Å². The monoisotopic (exact) mass is 699 g/mol. The predicted octanol–water partition coefficient (Wildman–Crippen LogP) is 12.7. The molecule has 2 unspecified atom stereocenters. The van der Waals surface area contributed by atoms with Gasteiger partial charge >= 0.3 is 5.97 Å². The Kier molecular flexibility index (Phi) is 16.9. The molecule has 5 heteroatoms. The topological polar surface area (TPSA) is 76.0 Å². The fourth-order valence-electron chi connectivity index (χ4n) is 12.6. The molecule has 0 heterocycles. The van der Waals surface area contributed by atoms with Gasteiger partial charge in [0, 0.05) is 0 Å². The summed E-state index contributed by atoms with van der Waals surface area (Å²) in [6, 6.07) is 0. The molecule has 0 aliphatic heterocycles. The average Bonchev–Trinajstić information content (AvgIpc) is 3.44. The number of hydrogen-bond donors (Lipinski definition) is 2. The smallest absolute Gasteiger partial charge is 0.348 e. The average molecular weight is 699 g/mol. The van der Waals surface area contributed by atoms with Gasteiger partial charge in [-0.05, 0) is 153 Å². The standard InChI is InChI=1S/C45H78O5/c1-7-8-9-10-11-12-13-14-15-16-17-18-19-20-24-38(43(47)49-50-48)42-32-36(46)31-35-25-26-37-40-28-27-39(34(4)23-21-22-33(2)3)44(40,5)30-29-41(37)45(35,42)6/h11-12,14-15,33-42,46,48H,7-10,13,16-32H2,1-6H3/b12-11-,15-14-/t34-,35-,36+,37-,38?,39-,40+,41+,42?,44-,45+/m1/s1. The molecule has 4 rings (SSSR count). The van der Waals surface area contributed by atoms with E-state index in [0.717, 1.165) is 81.5 Å². The van der Waals surface area contributed by atoms with Gasteiger partial charge in [-0.1, -0.05) is 117 Å². The Morgan fingerprint density at radius 3 is 2.20 bits per heavy atom. The van der Waals surface area contributed by atoms with Crippen LogP contribution in [0.2, 0.25) is 0 Å². The van der Waals surface area contributed by atoms with Gasteiger partial charge in [0.05, 0.1) is 12.0 Å². The van der Waals surface area contributed by atoms with E-state index in [4.69, 9.17) is 4.89 Å². The van der Waals surface area contributed by atoms with Gasteiger partial charge in [-0.25, -0.2) is 10.1 Å². The lowest BCUT2D eigenvalue weighted by Gasteiger charge is -2.64. The summed E-state index contributed by atoms with van der Waals surface area (Å²) < 4.78 is 0. The minimum absolute atomic E-state index is 0.0151. The van der Waals surface area contributed by atoms with E-state index in [1.165, 1.54) is 77.0 Å². The zero-order valence-corrected chi connectivity index (χ0v) is 33.3. The maximum Gasteiger partial charge on any atom is 0.348 e. The fourth-order valence-corrected chi connectivity index (χ4v) is 12.6. The Labute approximate surface area is 307 Å². The van der Waals surface area contributed by atoms with Crippen molar-refractivity contribution in [3.05, 3.63) is 24.3 Å². The van der Waals surface area contributed by atoms with E-state index >= 15 is 0 Å². The molecule has 0 amide bonds. The van der Waals surface area contributed by atoms with Crippen LogP contribution in [-0.4, -0.2) is 22.4 Å². The van der Waals surface area contributed by atoms with Gasteiger partial charge in [-0.15, -0.1) is 0 Å². The summed E-state index contributed by atoms with van der Waals surface area (Å²) in [5.41, 5.74) is 0.410. The first kappa shape index (κ1) is 41.6. The van der Waals surface area contributed by atoms with Crippen LogP contribution in [0.4, 0.5) is 0 Å². The van der Waals surface area contributed by atoms with Crippen LogP contribution >= 0.6 is 0 Å². The van der Waals surface area contributed by atoms with Gasteiger partial charge in [0.15, 0.2) is 0 Å². The number of carbonyl (C=O) groups is 1. The van der Waals surface area contributed by atoms with E-state index in [-0.39, 0.29) is 23.4 Å². The Morgan fingerprint density at radius 1 is 0.780 bits per heavy atom. The van der Waals surface area contributed by atoms with Gasteiger partial charge in [0.2, 0.25) is 0 Å². The normalized spacial score (nSPS) is 35.3. The predicted molar refractivity (Wildman–Crippen MR) is 206 cm³/mol. The molecule has 11 atom stereocenters. The summed E-state index contributed by atoms with van der Waals surface area (Å²) in [4.78, 5) is 18.5. The third-order valence-corrected chi connectivity index (χ3v) is 15.2. The number of carbonyl (C=O) groups excluding carboxylic acids is 1. The molecule has 4 fully saturated rings. The lowest BCUT2D eigenvalue weighted by atomic mass is 9.41. The Hall–Kier alpha value is -1.17.